The molecule has 7 nitrogen and oxygen atoms in total. The van der Waals surface area contributed by atoms with Gasteiger partial charge in [-0.1, -0.05) is 15.9 Å². The van der Waals surface area contributed by atoms with Gasteiger partial charge in [0.2, 0.25) is 0 Å². The second-order valence-electron chi connectivity index (χ2n) is 10.2. The fourth-order valence-corrected chi connectivity index (χ4v) is 5.24. The van der Waals surface area contributed by atoms with Gasteiger partial charge in [-0.25, -0.2) is 14.5 Å². The molecule has 30 heavy (non-hydrogen) atoms. The summed E-state index contributed by atoms with van der Waals surface area (Å²) in [6, 6.07) is 5.63. The minimum Gasteiger partial charge on any atom is -0.443 e. The van der Waals surface area contributed by atoms with E-state index >= 15 is 0 Å². The molecule has 1 aromatic carbocycles. The molecular formula is C22H27BrN2O5. The van der Waals surface area contributed by atoms with Gasteiger partial charge in [0.05, 0.1) is 5.69 Å². The van der Waals surface area contributed by atoms with Crippen LogP contribution in [-0.4, -0.2) is 46.3 Å². The average molecular weight is 479 g/mol. The molecule has 1 aliphatic carbocycles. The van der Waals surface area contributed by atoms with Gasteiger partial charge in [0.15, 0.2) is 0 Å². The van der Waals surface area contributed by atoms with E-state index in [1.807, 2.05) is 18.2 Å². The van der Waals surface area contributed by atoms with E-state index < -0.39 is 34.8 Å². The number of ether oxygens (including phenoxy) is 2. The number of likely N-dealkylation sites (tertiary alicyclic amines) is 1. The molecule has 8 heteroatoms. The SMILES string of the molecule is CC(C)(C)OC(=O)N1C[C@@H]2C[C@H]3c4cc(Br)ccc4N(C(=O)OC(C)(C)C)[C@@]23C1=O. The van der Waals surface area contributed by atoms with Gasteiger partial charge in [-0.3, -0.25) is 9.69 Å². The maximum Gasteiger partial charge on any atom is 0.417 e. The van der Waals surface area contributed by atoms with Gasteiger partial charge >= 0.3 is 12.2 Å². The predicted octanol–water partition coefficient (Wildman–Crippen LogP) is 4.82. The van der Waals surface area contributed by atoms with Crippen molar-refractivity contribution in [1.82, 2.24) is 4.90 Å². The minimum atomic E-state index is -1.14. The molecule has 0 unspecified atom stereocenters. The third-order valence-corrected chi connectivity index (χ3v) is 6.32. The fraction of sp³-hybridized carbons (Fsp3) is 0.591. The van der Waals surface area contributed by atoms with Crippen molar-refractivity contribution in [2.75, 3.05) is 11.4 Å². The molecule has 2 aliphatic heterocycles. The summed E-state index contributed by atoms with van der Waals surface area (Å²) in [4.78, 5) is 42.4. The largest absolute Gasteiger partial charge is 0.443 e. The van der Waals surface area contributed by atoms with E-state index in [9.17, 15) is 14.4 Å². The van der Waals surface area contributed by atoms with Gasteiger partial charge in [0.1, 0.15) is 16.7 Å². The molecule has 3 atom stereocenters. The second kappa shape index (κ2) is 6.45. The Hall–Kier alpha value is -2.09. The fourth-order valence-electron chi connectivity index (χ4n) is 4.86. The second-order valence-corrected chi connectivity index (χ2v) is 11.1. The summed E-state index contributed by atoms with van der Waals surface area (Å²) in [5, 5.41) is 0. The minimum absolute atomic E-state index is 0.166. The molecule has 2 fully saturated rings. The summed E-state index contributed by atoms with van der Waals surface area (Å²) in [6.07, 6.45) is -0.526. The monoisotopic (exact) mass is 478 g/mol. The molecule has 2 heterocycles. The Morgan fingerprint density at radius 2 is 1.67 bits per heavy atom. The highest BCUT2D eigenvalue weighted by Crippen LogP contribution is 2.65. The highest BCUT2D eigenvalue weighted by Gasteiger charge is 2.75. The van der Waals surface area contributed by atoms with Crippen molar-refractivity contribution in [3.63, 3.8) is 0 Å². The number of imide groups is 1. The van der Waals surface area contributed by atoms with E-state index in [0.29, 0.717) is 12.1 Å². The number of hydrogen-bond acceptors (Lipinski definition) is 5. The van der Waals surface area contributed by atoms with E-state index in [2.05, 4.69) is 15.9 Å². The first-order valence-electron chi connectivity index (χ1n) is 10.1. The molecule has 4 rings (SSSR count). The van der Waals surface area contributed by atoms with E-state index in [4.69, 9.17) is 9.47 Å². The highest BCUT2D eigenvalue weighted by molar-refractivity contribution is 9.10. The Morgan fingerprint density at radius 3 is 2.27 bits per heavy atom. The zero-order valence-electron chi connectivity index (χ0n) is 18.1. The Balaban J connectivity index is 1.77. The molecule has 1 saturated heterocycles. The topological polar surface area (TPSA) is 76.2 Å². The number of anilines is 1. The molecular weight excluding hydrogens is 452 g/mol. The first-order valence-corrected chi connectivity index (χ1v) is 10.9. The molecule has 0 N–H and O–H groups in total. The molecule has 1 spiro atoms. The third kappa shape index (κ3) is 3.02. The van der Waals surface area contributed by atoms with Crippen LogP contribution in [0.2, 0.25) is 0 Å². The molecule has 162 valence electrons. The zero-order valence-corrected chi connectivity index (χ0v) is 19.7. The first-order chi connectivity index (χ1) is 13.8. The number of carbonyl (C=O) groups excluding carboxylic acids is 3. The molecule has 3 amide bonds. The summed E-state index contributed by atoms with van der Waals surface area (Å²) in [5.74, 6) is -0.736. The van der Waals surface area contributed by atoms with Crippen LogP contribution in [-0.2, 0) is 14.3 Å². The number of nitrogens with zero attached hydrogens (tertiary/aromatic N) is 2. The normalized spacial score (nSPS) is 27.2. The van der Waals surface area contributed by atoms with Crippen LogP contribution in [0.25, 0.3) is 0 Å². The van der Waals surface area contributed by atoms with Crippen LogP contribution in [0.5, 0.6) is 0 Å². The number of fused-ring (bicyclic) bond motifs is 2. The zero-order chi connectivity index (χ0) is 22.2. The maximum absolute atomic E-state index is 13.7. The Bertz CT molecular complexity index is 948. The van der Waals surface area contributed by atoms with Crippen molar-refractivity contribution >= 4 is 39.7 Å². The quantitative estimate of drug-likeness (QED) is 0.533. The van der Waals surface area contributed by atoms with Crippen LogP contribution < -0.4 is 4.90 Å². The van der Waals surface area contributed by atoms with Crippen LogP contribution in [0.1, 0.15) is 59.4 Å². The number of amides is 3. The predicted molar refractivity (Wildman–Crippen MR) is 114 cm³/mol. The number of rotatable bonds is 0. The number of benzene rings is 1. The lowest BCUT2D eigenvalue weighted by Crippen LogP contribution is -2.66. The molecule has 0 radical (unpaired) electrons. The van der Waals surface area contributed by atoms with Crippen LogP contribution >= 0.6 is 15.9 Å². The first kappa shape index (κ1) is 21.2. The summed E-state index contributed by atoms with van der Waals surface area (Å²) >= 11 is 3.49. The Labute approximate surface area is 184 Å². The van der Waals surface area contributed by atoms with Gasteiger partial charge in [0.25, 0.3) is 5.91 Å². The van der Waals surface area contributed by atoms with Gasteiger partial charge in [0, 0.05) is 22.9 Å². The molecule has 1 aromatic rings. The van der Waals surface area contributed by atoms with Gasteiger partial charge in [-0.15, -0.1) is 0 Å². The van der Waals surface area contributed by atoms with Crippen LogP contribution in [0.4, 0.5) is 15.3 Å². The van der Waals surface area contributed by atoms with Crippen LogP contribution in [0.15, 0.2) is 22.7 Å². The van der Waals surface area contributed by atoms with Crippen molar-refractivity contribution < 1.29 is 23.9 Å². The van der Waals surface area contributed by atoms with E-state index in [-0.39, 0.29) is 18.4 Å². The average Bonchev–Trinajstić information content (AvgIpc) is 2.89. The van der Waals surface area contributed by atoms with Crippen molar-refractivity contribution in [3.05, 3.63) is 28.2 Å². The number of carbonyl (C=O) groups is 3. The summed E-state index contributed by atoms with van der Waals surface area (Å²) < 4.78 is 12.0. The van der Waals surface area contributed by atoms with E-state index in [0.717, 1.165) is 14.9 Å². The maximum atomic E-state index is 13.7. The standard InChI is InChI=1S/C22H27BrN2O5/c1-20(2,3)29-18(27)24-11-12-9-15-14-10-13(23)7-8-16(14)25(22(12,15)17(24)26)19(28)30-21(4,5)6/h7-8,10,12,15H,9,11H2,1-6H3/t12-,15-,22-/m0/s1. The molecule has 0 bridgehead atoms. The van der Waals surface area contributed by atoms with Crippen molar-refractivity contribution in [3.8, 4) is 0 Å². The van der Waals surface area contributed by atoms with Gasteiger partial charge in [-0.05, 0) is 71.7 Å². The summed E-state index contributed by atoms with van der Waals surface area (Å²) in [7, 11) is 0. The van der Waals surface area contributed by atoms with Crippen molar-refractivity contribution in [2.24, 2.45) is 5.92 Å². The van der Waals surface area contributed by atoms with Crippen LogP contribution in [0, 0.1) is 5.92 Å². The Morgan fingerprint density at radius 1 is 1.07 bits per heavy atom. The molecule has 0 aromatic heterocycles. The van der Waals surface area contributed by atoms with E-state index in [1.165, 1.54) is 4.90 Å². The van der Waals surface area contributed by atoms with Crippen molar-refractivity contribution in [2.45, 2.75) is 70.6 Å². The molecule has 3 aliphatic rings. The van der Waals surface area contributed by atoms with Crippen LogP contribution in [0.3, 0.4) is 0 Å². The molecule has 1 saturated carbocycles. The third-order valence-electron chi connectivity index (χ3n) is 5.83. The lowest BCUT2D eigenvalue weighted by atomic mass is 9.59. The lowest BCUT2D eigenvalue weighted by Gasteiger charge is -2.49. The summed E-state index contributed by atoms with van der Waals surface area (Å²) in [6.45, 7) is 10.9. The van der Waals surface area contributed by atoms with Crippen molar-refractivity contribution in [1.29, 1.82) is 0 Å². The smallest absolute Gasteiger partial charge is 0.417 e. The van der Waals surface area contributed by atoms with E-state index in [1.54, 1.807) is 41.5 Å². The van der Waals surface area contributed by atoms with Gasteiger partial charge < -0.3 is 9.47 Å². The number of hydrogen-bond donors (Lipinski definition) is 0. The highest BCUT2D eigenvalue weighted by atomic mass is 79.9. The summed E-state index contributed by atoms with van der Waals surface area (Å²) in [5.41, 5.74) is -0.981. The van der Waals surface area contributed by atoms with Gasteiger partial charge in [-0.2, -0.15) is 0 Å². The number of halogens is 1. The lowest BCUT2D eigenvalue weighted by molar-refractivity contribution is -0.134. The Kier molecular flexibility index (Phi) is 4.55.